The molecular weight excluding hydrogens is 312 g/mol. The van der Waals surface area contributed by atoms with Crippen molar-refractivity contribution in [3.63, 3.8) is 0 Å². The van der Waals surface area contributed by atoms with Gasteiger partial charge in [-0.15, -0.1) is 0 Å². The molecule has 6 heteroatoms. The highest BCUT2D eigenvalue weighted by atomic mass is 32.1. The van der Waals surface area contributed by atoms with Crippen LogP contribution in [0.25, 0.3) is 0 Å². The predicted molar refractivity (Wildman–Crippen MR) is 88.3 cm³/mol. The van der Waals surface area contributed by atoms with E-state index >= 15 is 0 Å². The molecule has 1 aromatic heterocycles. The Balaban J connectivity index is 1.40. The molecule has 0 unspecified atom stereocenters. The van der Waals surface area contributed by atoms with Crippen molar-refractivity contribution in [3.05, 3.63) is 41.3 Å². The standard InChI is InChI=1S/C17H18N2O3S/c20-11-2-1-3-12(9-11)22-16-7-6-15(23-16)17(21)19-14-8-10-4-5-13(14)18-10/h1-3,6-7,9-10,13-14,18,20H,4-5,8H2,(H,19,21)/t10-,13+,14-/m1/s1. The largest absolute Gasteiger partial charge is 0.508 e. The van der Waals surface area contributed by atoms with E-state index in [4.69, 9.17) is 4.74 Å². The first kappa shape index (κ1) is 14.5. The summed E-state index contributed by atoms with van der Waals surface area (Å²) in [6.45, 7) is 0. The van der Waals surface area contributed by atoms with Gasteiger partial charge in [0, 0.05) is 24.2 Å². The van der Waals surface area contributed by atoms with Gasteiger partial charge in [0.25, 0.3) is 5.91 Å². The van der Waals surface area contributed by atoms with Gasteiger partial charge in [0.05, 0.1) is 4.88 Å². The molecule has 0 radical (unpaired) electrons. The Kier molecular flexibility index (Phi) is 3.71. The Labute approximate surface area is 138 Å². The van der Waals surface area contributed by atoms with Crippen LogP contribution < -0.4 is 15.4 Å². The monoisotopic (exact) mass is 330 g/mol. The fourth-order valence-corrected chi connectivity index (χ4v) is 4.16. The number of carbonyl (C=O) groups excluding carboxylic acids is 1. The van der Waals surface area contributed by atoms with Crippen LogP contribution in [0.1, 0.15) is 28.9 Å². The minimum absolute atomic E-state index is 0.0416. The molecule has 3 heterocycles. The van der Waals surface area contributed by atoms with E-state index in [1.165, 1.54) is 17.8 Å². The number of aromatic hydroxyl groups is 1. The first-order valence-electron chi connectivity index (χ1n) is 7.81. The maximum absolute atomic E-state index is 12.4. The molecule has 2 aliphatic rings. The molecule has 0 aliphatic carbocycles. The number of amides is 1. The van der Waals surface area contributed by atoms with Crippen LogP contribution >= 0.6 is 11.3 Å². The number of fused-ring (bicyclic) bond motifs is 2. The van der Waals surface area contributed by atoms with Gasteiger partial charge in [-0.3, -0.25) is 4.79 Å². The van der Waals surface area contributed by atoms with Gasteiger partial charge in [0.2, 0.25) is 0 Å². The fraction of sp³-hybridized carbons (Fsp3) is 0.353. The molecule has 2 saturated heterocycles. The van der Waals surface area contributed by atoms with Crippen molar-refractivity contribution in [2.45, 2.75) is 37.4 Å². The van der Waals surface area contributed by atoms with Crippen molar-refractivity contribution < 1.29 is 14.6 Å². The highest BCUT2D eigenvalue weighted by Gasteiger charge is 2.39. The Hall–Kier alpha value is -2.05. The van der Waals surface area contributed by atoms with Gasteiger partial charge in [0.15, 0.2) is 5.06 Å². The molecule has 120 valence electrons. The lowest BCUT2D eigenvalue weighted by molar-refractivity contribution is 0.0935. The third kappa shape index (κ3) is 3.04. The van der Waals surface area contributed by atoms with E-state index in [1.54, 1.807) is 36.4 Å². The lowest BCUT2D eigenvalue weighted by Crippen LogP contribution is -2.42. The number of benzene rings is 1. The van der Waals surface area contributed by atoms with Crippen molar-refractivity contribution in [1.29, 1.82) is 0 Å². The van der Waals surface area contributed by atoms with Gasteiger partial charge in [0.1, 0.15) is 11.5 Å². The fourth-order valence-electron chi connectivity index (χ4n) is 3.38. The van der Waals surface area contributed by atoms with Crippen LogP contribution in [0.15, 0.2) is 36.4 Å². The summed E-state index contributed by atoms with van der Waals surface area (Å²) >= 11 is 1.31. The SMILES string of the molecule is O=C(N[C@@H]1C[C@H]2CC[C@@H]1N2)c1ccc(Oc2cccc(O)c2)s1. The van der Waals surface area contributed by atoms with Crippen molar-refractivity contribution >= 4 is 17.2 Å². The van der Waals surface area contributed by atoms with E-state index in [0.29, 0.717) is 27.8 Å². The highest BCUT2D eigenvalue weighted by molar-refractivity contribution is 7.15. The average Bonchev–Trinajstić information content (AvgIpc) is 3.23. The third-order valence-electron chi connectivity index (χ3n) is 4.46. The Bertz CT molecular complexity index is 730. The Morgan fingerprint density at radius 3 is 2.96 bits per heavy atom. The summed E-state index contributed by atoms with van der Waals surface area (Å²) < 4.78 is 5.68. The summed E-state index contributed by atoms with van der Waals surface area (Å²) in [5.74, 6) is 0.664. The molecule has 0 spiro atoms. The second-order valence-corrected chi connectivity index (χ2v) is 7.13. The molecule has 1 aromatic carbocycles. The molecule has 2 fully saturated rings. The maximum Gasteiger partial charge on any atom is 0.261 e. The van der Waals surface area contributed by atoms with E-state index in [0.717, 1.165) is 12.8 Å². The van der Waals surface area contributed by atoms with E-state index in [9.17, 15) is 9.90 Å². The minimum atomic E-state index is -0.0416. The second-order valence-electron chi connectivity index (χ2n) is 6.08. The summed E-state index contributed by atoms with van der Waals surface area (Å²) in [5.41, 5.74) is 0. The van der Waals surface area contributed by atoms with Gasteiger partial charge in [-0.2, -0.15) is 0 Å². The predicted octanol–water partition coefficient (Wildman–Crippen LogP) is 2.87. The molecular formula is C17H18N2O3S. The number of hydrogen-bond acceptors (Lipinski definition) is 5. The number of hydrogen-bond donors (Lipinski definition) is 3. The third-order valence-corrected chi connectivity index (χ3v) is 5.42. The van der Waals surface area contributed by atoms with E-state index < -0.39 is 0 Å². The second kappa shape index (κ2) is 5.86. The lowest BCUT2D eigenvalue weighted by Gasteiger charge is -2.20. The van der Waals surface area contributed by atoms with Crippen LogP contribution in [0, 0.1) is 0 Å². The smallest absolute Gasteiger partial charge is 0.261 e. The average molecular weight is 330 g/mol. The van der Waals surface area contributed by atoms with Crippen LogP contribution in [0.2, 0.25) is 0 Å². The molecule has 2 aromatic rings. The molecule has 23 heavy (non-hydrogen) atoms. The van der Waals surface area contributed by atoms with Gasteiger partial charge < -0.3 is 20.5 Å². The first-order chi connectivity index (χ1) is 11.2. The van der Waals surface area contributed by atoms with Crippen LogP contribution in [0.4, 0.5) is 0 Å². The maximum atomic E-state index is 12.4. The number of ether oxygens (including phenoxy) is 1. The van der Waals surface area contributed by atoms with Crippen molar-refractivity contribution in [2.75, 3.05) is 0 Å². The van der Waals surface area contributed by atoms with Crippen molar-refractivity contribution in [3.8, 4) is 16.6 Å². The summed E-state index contributed by atoms with van der Waals surface area (Å²) in [5, 5.41) is 16.7. The lowest BCUT2D eigenvalue weighted by atomic mass is 9.95. The first-order valence-corrected chi connectivity index (χ1v) is 8.63. The van der Waals surface area contributed by atoms with Crippen LogP contribution in [-0.4, -0.2) is 29.1 Å². The number of nitrogens with one attached hydrogen (secondary N) is 2. The molecule has 2 aliphatic heterocycles. The van der Waals surface area contributed by atoms with Gasteiger partial charge in [-0.1, -0.05) is 17.4 Å². The zero-order valence-electron chi connectivity index (χ0n) is 12.5. The molecule has 2 bridgehead atoms. The van der Waals surface area contributed by atoms with Crippen LogP contribution in [0.3, 0.4) is 0 Å². The molecule has 4 rings (SSSR count). The molecule has 3 N–H and O–H groups in total. The quantitative estimate of drug-likeness (QED) is 0.806. The molecule has 1 amide bonds. The topological polar surface area (TPSA) is 70.6 Å². The zero-order valence-corrected chi connectivity index (χ0v) is 13.3. The number of phenolic OH excluding ortho intramolecular Hbond substituents is 1. The summed E-state index contributed by atoms with van der Waals surface area (Å²) in [6, 6.07) is 11.4. The normalized spacial score (nSPS) is 25.5. The summed E-state index contributed by atoms with van der Waals surface area (Å²) in [4.78, 5) is 13.0. The minimum Gasteiger partial charge on any atom is -0.508 e. The number of rotatable bonds is 4. The summed E-state index contributed by atoms with van der Waals surface area (Å²) in [6.07, 6.45) is 3.39. The Morgan fingerprint density at radius 2 is 2.22 bits per heavy atom. The van der Waals surface area contributed by atoms with Crippen molar-refractivity contribution in [2.24, 2.45) is 0 Å². The number of thiophene rings is 1. The molecule has 5 nitrogen and oxygen atoms in total. The van der Waals surface area contributed by atoms with E-state index in [-0.39, 0.29) is 17.7 Å². The van der Waals surface area contributed by atoms with Gasteiger partial charge in [-0.05, 0) is 43.5 Å². The van der Waals surface area contributed by atoms with Crippen LogP contribution in [0.5, 0.6) is 16.6 Å². The zero-order chi connectivity index (χ0) is 15.8. The van der Waals surface area contributed by atoms with Gasteiger partial charge in [-0.25, -0.2) is 0 Å². The molecule has 3 atom stereocenters. The summed E-state index contributed by atoms with van der Waals surface area (Å²) in [7, 11) is 0. The highest BCUT2D eigenvalue weighted by Crippen LogP contribution is 2.32. The molecule has 0 saturated carbocycles. The number of carbonyl (C=O) groups is 1. The van der Waals surface area contributed by atoms with E-state index in [1.807, 2.05) is 0 Å². The van der Waals surface area contributed by atoms with E-state index in [2.05, 4.69) is 10.6 Å². The van der Waals surface area contributed by atoms with Crippen LogP contribution in [-0.2, 0) is 0 Å². The number of phenols is 1. The van der Waals surface area contributed by atoms with Gasteiger partial charge >= 0.3 is 0 Å². The van der Waals surface area contributed by atoms with Crippen molar-refractivity contribution in [1.82, 2.24) is 10.6 Å². The Morgan fingerprint density at radius 1 is 1.30 bits per heavy atom.